The fourth-order valence-corrected chi connectivity index (χ4v) is 1.59. The van der Waals surface area contributed by atoms with Crippen LogP contribution in [0.1, 0.15) is 0 Å². The average Bonchev–Trinajstić information content (AvgIpc) is 2.93. The van der Waals surface area contributed by atoms with Crippen molar-refractivity contribution in [3.05, 3.63) is 42.2 Å². The standard InChI is InChI=1S/C12H7F2N5O/c13-7-4-6(9(15)5-8(7)14)12-18-11(19-20-12)10-16-2-1-3-17-10/h1-5H,15H2. The summed E-state index contributed by atoms with van der Waals surface area (Å²) >= 11 is 0. The molecule has 6 nitrogen and oxygen atoms in total. The van der Waals surface area contributed by atoms with Gasteiger partial charge in [-0.3, -0.25) is 0 Å². The van der Waals surface area contributed by atoms with Crippen molar-refractivity contribution in [2.75, 3.05) is 5.73 Å². The molecule has 0 aliphatic heterocycles. The van der Waals surface area contributed by atoms with Gasteiger partial charge in [-0.15, -0.1) is 0 Å². The summed E-state index contributed by atoms with van der Waals surface area (Å²) in [7, 11) is 0. The normalized spacial score (nSPS) is 10.7. The van der Waals surface area contributed by atoms with Crippen molar-refractivity contribution >= 4 is 5.69 Å². The maximum absolute atomic E-state index is 13.2. The minimum atomic E-state index is -1.05. The first-order chi connectivity index (χ1) is 9.65. The van der Waals surface area contributed by atoms with Gasteiger partial charge in [0.1, 0.15) is 0 Å². The van der Waals surface area contributed by atoms with E-state index >= 15 is 0 Å². The predicted octanol–water partition coefficient (Wildman–Crippen LogP) is 2.05. The first-order valence-electron chi connectivity index (χ1n) is 5.51. The smallest absolute Gasteiger partial charge is 0.260 e. The Morgan fingerprint density at radius 2 is 1.70 bits per heavy atom. The molecule has 0 saturated carbocycles. The summed E-state index contributed by atoms with van der Waals surface area (Å²) in [6.07, 6.45) is 3.04. The van der Waals surface area contributed by atoms with Crippen molar-refractivity contribution in [2.45, 2.75) is 0 Å². The van der Waals surface area contributed by atoms with Crippen LogP contribution in [0.5, 0.6) is 0 Å². The summed E-state index contributed by atoms with van der Waals surface area (Å²) in [6.45, 7) is 0. The molecule has 2 aromatic heterocycles. The van der Waals surface area contributed by atoms with E-state index in [-0.39, 0.29) is 28.8 Å². The van der Waals surface area contributed by atoms with Crippen molar-refractivity contribution in [2.24, 2.45) is 0 Å². The second kappa shape index (κ2) is 4.65. The number of nitrogen functional groups attached to an aromatic ring is 1. The molecule has 0 atom stereocenters. The van der Waals surface area contributed by atoms with E-state index in [1.165, 1.54) is 12.4 Å². The molecule has 0 spiro atoms. The second-order valence-electron chi connectivity index (χ2n) is 3.85. The molecule has 0 amide bonds. The Hall–Kier alpha value is -2.90. The van der Waals surface area contributed by atoms with Gasteiger partial charge in [0.2, 0.25) is 11.6 Å². The number of hydrogen-bond acceptors (Lipinski definition) is 6. The van der Waals surface area contributed by atoms with Crippen molar-refractivity contribution in [3.63, 3.8) is 0 Å². The number of nitrogens with zero attached hydrogens (tertiary/aromatic N) is 4. The highest BCUT2D eigenvalue weighted by Gasteiger charge is 2.17. The summed E-state index contributed by atoms with van der Waals surface area (Å²) in [4.78, 5) is 11.9. The van der Waals surface area contributed by atoms with Gasteiger partial charge in [-0.1, -0.05) is 5.16 Å². The average molecular weight is 275 g/mol. The Morgan fingerprint density at radius 1 is 1.00 bits per heavy atom. The van der Waals surface area contributed by atoms with Gasteiger partial charge in [-0.05, 0) is 12.1 Å². The Kier molecular flexibility index (Phi) is 2.82. The lowest BCUT2D eigenvalue weighted by Crippen LogP contribution is -1.95. The summed E-state index contributed by atoms with van der Waals surface area (Å²) in [5, 5.41) is 3.67. The topological polar surface area (TPSA) is 90.7 Å². The second-order valence-corrected chi connectivity index (χ2v) is 3.85. The fourth-order valence-electron chi connectivity index (χ4n) is 1.59. The number of aromatic nitrogens is 4. The predicted molar refractivity (Wildman–Crippen MR) is 65.1 cm³/mol. The van der Waals surface area contributed by atoms with Crippen LogP contribution < -0.4 is 5.73 Å². The van der Waals surface area contributed by atoms with Gasteiger partial charge in [0.25, 0.3) is 5.89 Å². The maximum Gasteiger partial charge on any atom is 0.260 e. The zero-order valence-electron chi connectivity index (χ0n) is 9.92. The maximum atomic E-state index is 13.2. The van der Waals surface area contributed by atoms with Gasteiger partial charge in [0.15, 0.2) is 11.6 Å². The summed E-state index contributed by atoms with van der Waals surface area (Å²) in [5.74, 6) is -1.75. The molecular weight excluding hydrogens is 268 g/mol. The quantitative estimate of drug-likeness (QED) is 0.720. The Balaban J connectivity index is 2.05. The van der Waals surface area contributed by atoms with Gasteiger partial charge < -0.3 is 10.3 Å². The molecule has 0 bridgehead atoms. The van der Waals surface area contributed by atoms with Gasteiger partial charge in [0, 0.05) is 24.1 Å². The number of halogens is 2. The van der Waals surface area contributed by atoms with E-state index in [0.717, 1.165) is 12.1 Å². The number of benzene rings is 1. The van der Waals surface area contributed by atoms with E-state index < -0.39 is 11.6 Å². The molecule has 0 saturated heterocycles. The zero-order valence-corrected chi connectivity index (χ0v) is 9.92. The minimum absolute atomic E-state index is 0.00641. The number of hydrogen-bond donors (Lipinski definition) is 1. The van der Waals surface area contributed by atoms with E-state index in [1.807, 2.05) is 0 Å². The van der Waals surface area contributed by atoms with Crippen molar-refractivity contribution in [1.29, 1.82) is 0 Å². The minimum Gasteiger partial charge on any atom is -0.398 e. The molecule has 0 radical (unpaired) electrons. The van der Waals surface area contributed by atoms with Crippen LogP contribution in [0.4, 0.5) is 14.5 Å². The number of anilines is 1. The van der Waals surface area contributed by atoms with Gasteiger partial charge >= 0.3 is 0 Å². The van der Waals surface area contributed by atoms with Crippen LogP contribution in [0.2, 0.25) is 0 Å². The molecule has 2 heterocycles. The van der Waals surface area contributed by atoms with Crippen molar-refractivity contribution in [1.82, 2.24) is 20.1 Å². The monoisotopic (exact) mass is 275 g/mol. The van der Waals surface area contributed by atoms with Gasteiger partial charge in [0.05, 0.1) is 5.56 Å². The van der Waals surface area contributed by atoms with E-state index in [2.05, 4.69) is 20.1 Å². The summed E-state index contributed by atoms with van der Waals surface area (Å²) < 4.78 is 31.2. The first-order valence-corrected chi connectivity index (χ1v) is 5.51. The highest BCUT2D eigenvalue weighted by atomic mass is 19.2. The number of rotatable bonds is 2. The number of nitrogens with two attached hydrogens (primary N) is 1. The van der Waals surface area contributed by atoms with E-state index in [0.29, 0.717) is 0 Å². The third kappa shape index (κ3) is 2.07. The molecule has 0 aliphatic carbocycles. The zero-order chi connectivity index (χ0) is 14.1. The van der Waals surface area contributed by atoms with Crippen LogP contribution in [0.3, 0.4) is 0 Å². The Morgan fingerprint density at radius 3 is 2.45 bits per heavy atom. The van der Waals surface area contributed by atoms with Crippen LogP contribution in [0.25, 0.3) is 23.1 Å². The fraction of sp³-hybridized carbons (Fsp3) is 0. The molecule has 8 heteroatoms. The summed E-state index contributed by atoms with van der Waals surface area (Å²) in [5.41, 5.74) is 5.71. The lowest BCUT2D eigenvalue weighted by atomic mass is 10.1. The molecule has 0 aliphatic rings. The molecule has 0 unspecified atom stereocenters. The van der Waals surface area contributed by atoms with E-state index in [4.69, 9.17) is 10.3 Å². The molecule has 100 valence electrons. The largest absolute Gasteiger partial charge is 0.398 e. The summed E-state index contributed by atoms with van der Waals surface area (Å²) in [6, 6.07) is 3.39. The van der Waals surface area contributed by atoms with Crippen molar-refractivity contribution in [3.8, 4) is 23.1 Å². The Labute approximate surface area is 111 Å². The molecule has 1 aromatic carbocycles. The van der Waals surface area contributed by atoms with Crippen LogP contribution in [0, 0.1) is 11.6 Å². The first kappa shape index (κ1) is 12.2. The molecule has 3 aromatic rings. The molecule has 2 N–H and O–H groups in total. The van der Waals surface area contributed by atoms with E-state index in [9.17, 15) is 8.78 Å². The lowest BCUT2D eigenvalue weighted by molar-refractivity contribution is 0.431. The molecular formula is C12H7F2N5O. The SMILES string of the molecule is Nc1cc(F)c(F)cc1-c1nc(-c2ncccn2)no1. The third-order valence-corrected chi connectivity index (χ3v) is 2.51. The highest BCUT2D eigenvalue weighted by Crippen LogP contribution is 2.27. The van der Waals surface area contributed by atoms with Gasteiger partial charge in [-0.25, -0.2) is 18.7 Å². The molecule has 20 heavy (non-hydrogen) atoms. The van der Waals surface area contributed by atoms with Crippen LogP contribution in [-0.2, 0) is 0 Å². The lowest BCUT2D eigenvalue weighted by Gasteiger charge is -2.01. The van der Waals surface area contributed by atoms with Crippen LogP contribution >= 0.6 is 0 Å². The third-order valence-electron chi connectivity index (χ3n) is 2.51. The van der Waals surface area contributed by atoms with E-state index in [1.54, 1.807) is 6.07 Å². The highest BCUT2D eigenvalue weighted by molar-refractivity contribution is 5.71. The molecule has 0 fully saturated rings. The van der Waals surface area contributed by atoms with Crippen LogP contribution in [0.15, 0.2) is 35.1 Å². The van der Waals surface area contributed by atoms with Crippen LogP contribution in [-0.4, -0.2) is 20.1 Å². The molecule has 3 rings (SSSR count). The van der Waals surface area contributed by atoms with Crippen molar-refractivity contribution < 1.29 is 13.3 Å². The Bertz CT molecular complexity index is 760. The van der Waals surface area contributed by atoms with Gasteiger partial charge in [-0.2, -0.15) is 4.98 Å².